The molecule has 6 heteroatoms. The molecule has 0 radical (unpaired) electrons. The van der Waals surface area contributed by atoms with Crippen molar-refractivity contribution < 1.29 is 9.59 Å². The zero-order valence-corrected chi connectivity index (χ0v) is 10.4. The van der Waals surface area contributed by atoms with Crippen molar-refractivity contribution in [2.45, 2.75) is 13.3 Å². The Balaban J connectivity index is 1.88. The summed E-state index contributed by atoms with van der Waals surface area (Å²) < 4.78 is 0. The van der Waals surface area contributed by atoms with E-state index in [1.54, 1.807) is 23.5 Å². The maximum absolute atomic E-state index is 11.7. The van der Waals surface area contributed by atoms with Crippen molar-refractivity contribution in [3.8, 4) is 0 Å². The van der Waals surface area contributed by atoms with Gasteiger partial charge in [0.1, 0.15) is 11.6 Å². The number of hydrogen-bond donors (Lipinski definition) is 0. The molecular weight excluding hydrogens is 232 g/mol. The van der Waals surface area contributed by atoms with Crippen LogP contribution in [0, 0.1) is 0 Å². The Bertz CT molecular complexity index is 427. The van der Waals surface area contributed by atoms with Crippen LogP contribution in [-0.2, 0) is 9.59 Å². The summed E-state index contributed by atoms with van der Waals surface area (Å²) >= 11 is 0. The molecule has 0 spiro atoms. The number of aromatic nitrogens is 2. The number of Topliss-reactive ketones (excluding diaryl/α,β-unsaturated/α-hetero) is 1. The Hall–Kier alpha value is -1.98. The predicted molar refractivity (Wildman–Crippen MR) is 66.1 cm³/mol. The molecule has 1 saturated heterocycles. The molecule has 0 bridgehead atoms. The standard InChI is InChI=1S/C12H16N4O2/c1-10(17)8-12(18)16-6-4-15(5-7-16)11-9-13-2-3-14-11/h2-3,9H,4-8H2,1H3. The number of nitrogens with zero attached hydrogens (tertiary/aromatic N) is 4. The Morgan fingerprint density at radius 1 is 1.22 bits per heavy atom. The molecule has 0 aliphatic carbocycles. The van der Waals surface area contributed by atoms with E-state index in [1.165, 1.54) is 6.92 Å². The van der Waals surface area contributed by atoms with Gasteiger partial charge in [0.15, 0.2) is 0 Å². The minimum absolute atomic E-state index is 0.00510. The normalized spacial score (nSPS) is 15.6. The van der Waals surface area contributed by atoms with Crippen molar-refractivity contribution in [2.24, 2.45) is 0 Å². The average molecular weight is 248 g/mol. The van der Waals surface area contributed by atoms with Gasteiger partial charge in [-0.15, -0.1) is 0 Å². The summed E-state index contributed by atoms with van der Waals surface area (Å²) in [7, 11) is 0. The number of piperazine rings is 1. The fourth-order valence-corrected chi connectivity index (χ4v) is 1.96. The topological polar surface area (TPSA) is 66.4 Å². The van der Waals surface area contributed by atoms with Crippen molar-refractivity contribution in [3.05, 3.63) is 18.6 Å². The van der Waals surface area contributed by atoms with E-state index >= 15 is 0 Å². The number of carbonyl (C=O) groups excluding carboxylic acids is 2. The van der Waals surface area contributed by atoms with E-state index in [-0.39, 0.29) is 18.1 Å². The fourth-order valence-electron chi connectivity index (χ4n) is 1.96. The van der Waals surface area contributed by atoms with Gasteiger partial charge in [-0.3, -0.25) is 14.6 Å². The first-order valence-corrected chi connectivity index (χ1v) is 5.95. The van der Waals surface area contributed by atoms with Gasteiger partial charge in [0, 0.05) is 38.6 Å². The van der Waals surface area contributed by atoms with E-state index in [1.807, 2.05) is 0 Å². The molecule has 0 aromatic carbocycles. The van der Waals surface area contributed by atoms with Crippen LogP contribution in [0.15, 0.2) is 18.6 Å². The highest BCUT2D eigenvalue weighted by Crippen LogP contribution is 2.11. The molecule has 0 unspecified atom stereocenters. The van der Waals surface area contributed by atoms with Gasteiger partial charge in [-0.05, 0) is 6.92 Å². The van der Waals surface area contributed by atoms with Crippen LogP contribution >= 0.6 is 0 Å². The predicted octanol–water partition coefficient (Wildman–Crippen LogP) is 0.104. The van der Waals surface area contributed by atoms with Crippen LogP contribution in [0.25, 0.3) is 0 Å². The summed E-state index contributed by atoms with van der Waals surface area (Å²) in [6.07, 6.45) is 5.01. The van der Waals surface area contributed by atoms with Gasteiger partial charge >= 0.3 is 0 Å². The van der Waals surface area contributed by atoms with Crippen molar-refractivity contribution in [1.82, 2.24) is 14.9 Å². The van der Waals surface area contributed by atoms with Crippen LogP contribution < -0.4 is 4.90 Å². The third-order valence-corrected chi connectivity index (χ3v) is 2.91. The number of ketones is 1. The Kier molecular flexibility index (Phi) is 3.86. The first-order chi connectivity index (χ1) is 8.66. The third-order valence-electron chi connectivity index (χ3n) is 2.91. The lowest BCUT2D eigenvalue weighted by Gasteiger charge is -2.35. The van der Waals surface area contributed by atoms with E-state index in [2.05, 4.69) is 14.9 Å². The highest BCUT2D eigenvalue weighted by Gasteiger charge is 2.22. The zero-order valence-electron chi connectivity index (χ0n) is 10.4. The zero-order chi connectivity index (χ0) is 13.0. The van der Waals surface area contributed by atoms with Gasteiger partial charge in [-0.25, -0.2) is 4.98 Å². The minimum Gasteiger partial charge on any atom is -0.352 e. The summed E-state index contributed by atoms with van der Waals surface area (Å²) in [6.45, 7) is 4.14. The lowest BCUT2D eigenvalue weighted by Crippen LogP contribution is -2.49. The summed E-state index contributed by atoms with van der Waals surface area (Å²) in [5, 5.41) is 0. The average Bonchev–Trinajstić information content (AvgIpc) is 2.39. The van der Waals surface area contributed by atoms with Crippen molar-refractivity contribution in [1.29, 1.82) is 0 Å². The minimum atomic E-state index is -0.0867. The molecule has 0 saturated carbocycles. The van der Waals surface area contributed by atoms with Crippen LogP contribution in [-0.4, -0.2) is 52.7 Å². The lowest BCUT2D eigenvalue weighted by atomic mass is 10.2. The second-order valence-corrected chi connectivity index (χ2v) is 4.31. The molecule has 1 aliphatic rings. The maximum Gasteiger partial charge on any atom is 0.230 e. The fraction of sp³-hybridized carbons (Fsp3) is 0.500. The van der Waals surface area contributed by atoms with Crippen LogP contribution in [0.5, 0.6) is 0 Å². The van der Waals surface area contributed by atoms with E-state index in [0.717, 1.165) is 18.9 Å². The third kappa shape index (κ3) is 3.03. The summed E-state index contributed by atoms with van der Waals surface area (Å²) in [5.41, 5.74) is 0. The molecular formula is C12H16N4O2. The number of hydrogen-bond acceptors (Lipinski definition) is 5. The molecule has 0 atom stereocenters. The van der Waals surface area contributed by atoms with Crippen molar-refractivity contribution in [3.63, 3.8) is 0 Å². The van der Waals surface area contributed by atoms with E-state index in [0.29, 0.717) is 13.1 Å². The monoisotopic (exact) mass is 248 g/mol. The summed E-state index contributed by atoms with van der Waals surface area (Å²) in [6, 6.07) is 0. The first kappa shape index (κ1) is 12.5. The number of anilines is 1. The van der Waals surface area contributed by atoms with Gasteiger partial charge in [0.2, 0.25) is 5.91 Å². The molecule has 1 fully saturated rings. The highest BCUT2D eigenvalue weighted by atomic mass is 16.2. The van der Waals surface area contributed by atoms with Crippen LogP contribution in [0.1, 0.15) is 13.3 Å². The molecule has 18 heavy (non-hydrogen) atoms. The highest BCUT2D eigenvalue weighted by molar-refractivity contribution is 5.96. The Morgan fingerprint density at radius 2 is 1.94 bits per heavy atom. The van der Waals surface area contributed by atoms with Gasteiger partial charge in [0.25, 0.3) is 0 Å². The Morgan fingerprint density at radius 3 is 2.50 bits per heavy atom. The van der Waals surface area contributed by atoms with Crippen LogP contribution in [0.4, 0.5) is 5.82 Å². The Labute approximate surface area is 106 Å². The molecule has 1 aromatic heterocycles. The van der Waals surface area contributed by atoms with Gasteiger partial charge < -0.3 is 9.80 Å². The summed E-state index contributed by atoms with van der Waals surface area (Å²) in [4.78, 5) is 34.7. The van der Waals surface area contributed by atoms with Gasteiger partial charge in [-0.2, -0.15) is 0 Å². The van der Waals surface area contributed by atoms with E-state index < -0.39 is 0 Å². The second kappa shape index (κ2) is 5.57. The molecule has 0 N–H and O–H groups in total. The van der Waals surface area contributed by atoms with E-state index in [4.69, 9.17) is 0 Å². The molecule has 2 heterocycles. The molecule has 1 aromatic rings. The van der Waals surface area contributed by atoms with Crippen molar-refractivity contribution >= 4 is 17.5 Å². The smallest absolute Gasteiger partial charge is 0.230 e. The number of rotatable bonds is 3. The van der Waals surface area contributed by atoms with Crippen molar-refractivity contribution in [2.75, 3.05) is 31.1 Å². The molecule has 1 aliphatic heterocycles. The molecule has 2 rings (SSSR count). The van der Waals surface area contributed by atoms with Crippen LogP contribution in [0.3, 0.4) is 0 Å². The first-order valence-electron chi connectivity index (χ1n) is 5.95. The quantitative estimate of drug-likeness (QED) is 0.710. The largest absolute Gasteiger partial charge is 0.352 e. The summed E-state index contributed by atoms with van der Waals surface area (Å²) in [5.74, 6) is 0.661. The van der Waals surface area contributed by atoms with Crippen LogP contribution in [0.2, 0.25) is 0 Å². The van der Waals surface area contributed by atoms with Gasteiger partial charge in [-0.1, -0.05) is 0 Å². The SMILES string of the molecule is CC(=O)CC(=O)N1CCN(c2cnccn2)CC1. The maximum atomic E-state index is 11.7. The second-order valence-electron chi connectivity index (χ2n) is 4.31. The molecule has 1 amide bonds. The molecule has 6 nitrogen and oxygen atoms in total. The lowest BCUT2D eigenvalue weighted by molar-refractivity contribution is -0.135. The van der Waals surface area contributed by atoms with E-state index in [9.17, 15) is 9.59 Å². The van der Waals surface area contributed by atoms with Gasteiger partial charge in [0.05, 0.1) is 12.6 Å². The number of amides is 1. The molecule has 96 valence electrons. The number of carbonyl (C=O) groups is 2.